The summed E-state index contributed by atoms with van der Waals surface area (Å²) in [5.41, 5.74) is 2.69. The van der Waals surface area contributed by atoms with Gasteiger partial charge in [-0.2, -0.15) is 0 Å². The predicted octanol–water partition coefficient (Wildman–Crippen LogP) is 3.58. The Balaban J connectivity index is 2.45. The molecule has 0 spiro atoms. The van der Waals surface area contributed by atoms with Gasteiger partial charge in [-0.15, -0.1) is 0 Å². The maximum absolute atomic E-state index is 13.3. The van der Waals surface area contributed by atoms with Gasteiger partial charge in [-0.1, -0.05) is 29.8 Å². The first-order valence-corrected chi connectivity index (χ1v) is 5.80. The molecule has 1 unspecified atom stereocenters. The van der Waals surface area contributed by atoms with E-state index >= 15 is 0 Å². The lowest BCUT2D eigenvalue weighted by Crippen LogP contribution is -2.18. The minimum atomic E-state index is -0.557. The first-order chi connectivity index (χ1) is 8.60. The van der Waals surface area contributed by atoms with Gasteiger partial charge in [0.1, 0.15) is 11.6 Å². The van der Waals surface area contributed by atoms with Gasteiger partial charge in [-0.05, 0) is 37.2 Å². The summed E-state index contributed by atoms with van der Waals surface area (Å²) in [6, 6.07) is 11.2. The second-order valence-corrected chi connectivity index (χ2v) is 4.34. The lowest BCUT2D eigenvalue weighted by atomic mass is 9.97. The maximum atomic E-state index is 13.3. The van der Waals surface area contributed by atoms with Gasteiger partial charge in [-0.3, -0.25) is 0 Å². The molecule has 0 saturated carbocycles. The molecule has 1 nitrogen and oxygen atoms in total. The molecular formula is C15H15F2N. The molecule has 0 saturated heterocycles. The number of aryl methyl sites for hydroxylation is 1. The van der Waals surface area contributed by atoms with Crippen LogP contribution in [0.5, 0.6) is 0 Å². The molecule has 0 heterocycles. The van der Waals surface area contributed by atoms with Crippen molar-refractivity contribution in [2.75, 3.05) is 7.05 Å². The van der Waals surface area contributed by atoms with Crippen molar-refractivity contribution >= 4 is 0 Å². The number of hydrogen-bond donors (Lipinski definition) is 1. The zero-order valence-corrected chi connectivity index (χ0v) is 10.4. The minimum absolute atomic E-state index is 0.213. The Bertz CT molecular complexity index is 532. The fourth-order valence-electron chi connectivity index (χ4n) is 2.12. The Labute approximate surface area is 105 Å². The van der Waals surface area contributed by atoms with Crippen LogP contribution in [0.3, 0.4) is 0 Å². The number of benzene rings is 2. The molecule has 1 atom stereocenters. The Hall–Kier alpha value is -1.74. The van der Waals surface area contributed by atoms with E-state index in [4.69, 9.17) is 0 Å². The van der Waals surface area contributed by atoms with Crippen molar-refractivity contribution in [3.63, 3.8) is 0 Å². The first kappa shape index (κ1) is 12.7. The van der Waals surface area contributed by atoms with Gasteiger partial charge >= 0.3 is 0 Å². The highest BCUT2D eigenvalue weighted by atomic mass is 19.1. The Morgan fingerprint density at radius 1 is 0.944 bits per heavy atom. The molecule has 0 radical (unpaired) electrons. The van der Waals surface area contributed by atoms with Crippen LogP contribution >= 0.6 is 0 Å². The topological polar surface area (TPSA) is 12.0 Å². The van der Waals surface area contributed by atoms with Crippen LogP contribution in [0.1, 0.15) is 22.7 Å². The van der Waals surface area contributed by atoms with Crippen molar-refractivity contribution in [2.45, 2.75) is 13.0 Å². The SMILES string of the molecule is CNC(c1cccc(C)c1)c1cc(F)cc(F)c1. The molecule has 0 bridgehead atoms. The standard InChI is InChI=1S/C15H15F2N/c1-10-4-3-5-11(6-10)15(18-2)12-7-13(16)9-14(17)8-12/h3-9,15,18H,1-2H3. The van der Waals surface area contributed by atoms with Gasteiger partial charge in [0.2, 0.25) is 0 Å². The van der Waals surface area contributed by atoms with Crippen molar-refractivity contribution in [3.8, 4) is 0 Å². The third kappa shape index (κ3) is 2.74. The number of nitrogens with one attached hydrogen (secondary N) is 1. The van der Waals surface area contributed by atoms with Gasteiger partial charge in [0, 0.05) is 6.07 Å². The third-order valence-electron chi connectivity index (χ3n) is 2.88. The normalized spacial score (nSPS) is 12.4. The monoisotopic (exact) mass is 247 g/mol. The molecule has 1 N–H and O–H groups in total. The van der Waals surface area contributed by atoms with Crippen LogP contribution in [0.25, 0.3) is 0 Å². The minimum Gasteiger partial charge on any atom is -0.309 e. The van der Waals surface area contributed by atoms with Crippen LogP contribution < -0.4 is 5.32 Å². The van der Waals surface area contributed by atoms with E-state index in [9.17, 15) is 8.78 Å². The summed E-state index contributed by atoms with van der Waals surface area (Å²) in [7, 11) is 1.77. The van der Waals surface area contributed by atoms with Crippen molar-refractivity contribution in [2.24, 2.45) is 0 Å². The Kier molecular flexibility index (Phi) is 3.72. The van der Waals surface area contributed by atoms with E-state index in [1.54, 1.807) is 7.05 Å². The smallest absolute Gasteiger partial charge is 0.126 e. The van der Waals surface area contributed by atoms with Gasteiger partial charge in [0.15, 0.2) is 0 Å². The van der Waals surface area contributed by atoms with E-state index in [2.05, 4.69) is 5.32 Å². The molecule has 0 aliphatic rings. The molecule has 2 rings (SSSR count). The van der Waals surface area contributed by atoms with E-state index in [0.717, 1.165) is 17.2 Å². The molecule has 2 aromatic carbocycles. The summed E-state index contributed by atoms with van der Waals surface area (Å²) in [4.78, 5) is 0. The van der Waals surface area contributed by atoms with Gasteiger partial charge in [0.05, 0.1) is 6.04 Å². The molecule has 0 aromatic heterocycles. The number of rotatable bonds is 3. The Morgan fingerprint density at radius 3 is 2.17 bits per heavy atom. The molecule has 2 aromatic rings. The Morgan fingerprint density at radius 2 is 1.61 bits per heavy atom. The molecule has 3 heteroatoms. The van der Waals surface area contributed by atoms with E-state index < -0.39 is 11.6 Å². The van der Waals surface area contributed by atoms with Gasteiger partial charge in [-0.25, -0.2) is 8.78 Å². The van der Waals surface area contributed by atoms with Crippen LogP contribution in [0.2, 0.25) is 0 Å². The van der Waals surface area contributed by atoms with E-state index in [1.165, 1.54) is 12.1 Å². The summed E-state index contributed by atoms with van der Waals surface area (Å²) in [5, 5.41) is 3.08. The van der Waals surface area contributed by atoms with Crippen molar-refractivity contribution < 1.29 is 8.78 Å². The summed E-state index contributed by atoms with van der Waals surface area (Å²) in [5.74, 6) is -1.11. The number of halogens is 2. The highest BCUT2D eigenvalue weighted by Gasteiger charge is 2.14. The second-order valence-electron chi connectivity index (χ2n) is 4.34. The average Bonchev–Trinajstić information content (AvgIpc) is 2.28. The van der Waals surface area contributed by atoms with Crippen LogP contribution in [0.15, 0.2) is 42.5 Å². The fraction of sp³-hybridized carbons (Fsp3) is 0.200. The quantitative estimate of drug-likeness (QED) is 0.874. The van der Waals surface area contributed by atoms with Crippen molar-refractivity contribution in [1.29, 1.82) is 0 Å². The molecular weight excluding hydrogens is 232 g/mol. The zero-order valence-electron chi connectivity index (χ0n) is 10.4. The first-order valence-electron chi connectivity index (χ1n) is 5.80. The van der Waals surface area contributed by atoms with Crippen molar-refractivity contribution in [1.82, 2.24) is 5.32 Å². The van der Waals surface area contributed by atoms with Crippen LogP contribution in [-0.2, 0) is 0 Å². The molecule has 0 aliphatic carbocycles. The molecule has 0 amide bonds. The maximum Gasteiger partial charge on any atom is 0.126 e. The van der Waals surface area contributed by atoms with Crippen LogP contribution in [-0.4, -0.2) is 7.05 Å². The zero-order chi connectivity index (χ0) is 13.1. The summed E-state index contributed by atoms with van der Waals surface area (Å²) in [6.45, 7) is 1.99. The molecule has 0 aliphatic heterocycles. The van der Waals surface area contributed by atoms with Crippen LogP contribution in [0.4, 0.5) is 8.78 Å². The van der Waals surface area contributed by atoms with Gasteiger partial charge in [0.25, 0.3) is 0 Å². The predicted molar refractivity (Wildman–Crippen MR) is 68.4 cm³/mol. The second kappa shape index (κ2) is 5.27. The average molecular weight is 247 g/mol. The number of hydrogen-bond acceptors (Lipinski definition) is 1. The highest BCUT2D eigenvalue weighted by Crippen LogP contribution is 2.23. The molecule has 0 fully saturated rings. The molecule has 94 valence electrons. The lowest BCUT2D eigenvalue weighted by molar-refractivity contribution is 0.571. The highest BCUT2D eigenvalue weighted by molar-refractivity contribution is 5.34. The van der Waals surface area contributed by atoms with E-state index in [0.29, 0.717) is 5.56 Å². The molecule has 18 heavy (non-hydrogen) atoms. The largest absolute Gasteiger partial charge is 0.309 e. The summed E-state index contributed by atoms with van der Waals surface area (Å²) < 4.78 is 26.5. The summed E-state index contributed by atoms with van der Waals surface area (Å²) in [6.07, 6.45) is 0. The van der Waals surface area contributed by atoms with Gasteiger partial charge < -0.3 is 5.32 Å². The van der Waals surface area contributed by atoms with E-state index in [1.807, 2.05) is 31.2 Å². The lowest BCUT2D eigenvalue weighted by Gasteiger charge is -2.18. The van der Waals surface area contributed by atoms with E-state index in [-0.39, 0.29) is 6.04 Å². The summed E-state index contributed by atoms with van der Waals surface area (Å²) >= 11 is 0. The third-order valence-corrected chi connectivity index (χ3v) is 2.88. The van der Waals surface area contributed by atoms with Crippen LogP contribution in [0, 0.1) is 18.6 Å². The van der Waals surface area contributed by atoms with Crippen molar-refractivity contribution in [3.05, 3.63) is 70.8 Å². The fourth-order valence-corrected chi connectivity index (χ4v) is 2.12.